The number of carboxylic acid groups (broad SMARTS) is 1. The number of carbonyl (C=O) groups excluding carboxylic acids is 1. The maximum absolute atomic E-state index is 12.5. The molecule has 2 aliphatic rings. The molecule has 0 aromatic heterocycles. The zero-order valence-corrected chi connectivity index (χ0v) is 10.6. The van der Waals surface area contributed by atoms with Crippen molar-refractivity contribution < 1.29 is 19.4 Å². The Morgan fingerprint density at radius 2 is 2.06 bits per heavy atom. The number of piperidine rings is 1. The molecule has 2 fully saturated rings. The molecule has 0 aliphatic carbocycles. The number of amides is 1. The van der Waals surface area contributed by atoms with Crippen LogP contribution in [0, 0.1) is 5.41 Å². The summed E-state index contributed by atoms with van der Waals surface area (Å²) in [5.74, 6) is -0.929. The molecular formula is C12H20N2O4. The molecule has 0 aromatic carbocycles. The van der Waals surface area contributed by atoms with Gasteiger partial charge in [0.05, 0.1) is 13.2 Å². The lowest BCUT2D eigenvalue weighted by molar-refractivity contribution is -0.163. The van der Waals surface area contributed by atoms with E-state index in [0.29, 0.717) is 13.2 Å². The van der Waals surface area contributed by atoms with Crippen LogP contribution in [0.25, 0.3) is 0 Å². The molecule has 2 aliphatic heterocycles. The lowest BCUT2D eigenvalue weighted by Gasteiger charge is -2.40. The Morgan fingerprint density at radius 1 is 1.39 bits per heavy atom. The summed E-state index contributed by atoms with van der Waals surface area (Å²) in [5.41, 5.74) is -0.356. The van der Waals surface area contributed by atoms with Gasteiger partial charge in [-0.3, -0.25) is 4.79 Å². The molecule has 2 N–H and O–H groups in total. The molecule has 102 valence electrons. The number of morpholine rings is 1. The summed E-state index contributed by atoms with van der Waals surface area (Å²) < 4.78 is 5.13. The first-order valence-corrected chi connectivity index (χ1v) is 6.37. The van der Waals surface area contributed by atoms with Crippen molar-refractivity contribution in [1.82, 2.24) is 10.2 Å². The van der Waals surface area contributed by atoms with Crippen LogP contribution >= 0.6 is 0 Å². The van der Waals surface area contributed by atoms with Crippen molar-refractivity contribution in [3.63, 3.8) is 0 Å². The predicted octanol–water partition coefficient (Wildman–Crippen LogP) is -0.312. The maximum atomic E-state index is 12.5. The average Bonchev–Trinajstić information content (AvgIpc) is 2.39. The van der Waals surface area contributed by atoms with Crippen LogP contribution < -0.4 is 5.32 Å². The molecule has 2 heterocycles. The Labute approximate surface area is 106 Å². The minimum atomic E-state index is -0.997. The summed E-state index contributed by atoms with van der Waals surface area (Å²) in [4.78, 5) is 25.0. The molecular weight excluding hydrogens is 236 g/mol. The molecule has 0 saturated carbocycles. The van der Waals surface area contributed by atoms with Gasteiger partial charge in [0.1, 0.15) is 0 Å². The van der Waals surface area contributed by atoms with Crippen molar-refractivity contribution in [3.05, 3.63) is 0 Å². The molecule has 1 unspecified atom stereocenters. The minimum absolute atomic E-state index is 0.0681. The fraction of sp³-hybridized carbons (Fsp3) is 0.833. The largest absolute Gasteiger partial charge is 0.479 e. The normalized spacial score (nSPS) is 27.8. The molecule has 0 aromatic rings. The van der Waals surface area contributed by atoms with Crippen molar-refractivity contribution in [2.24, 2.45) is 5.41 Å². The Bertz CT molecular complexity index is 339. The van der Waals surface area contributed by atoms with E-state index in [1.165, 1.54) is 0 Å². The van der Waals surface area contributed by atoms with Gasteiger partial charge in [-0.15, -0.1) is 0 Å². The molecule has 1 atom stereocenters. The van der Waals surface area contributed by atoms with Crippen molar-refractivity contribution in [2.45, 2.75) is 25.9 Å². The molecule has 2 rings (SSSR count). The van der Waals surface area contributed by atoms with E-state index in [1.807, 2.05) is 6.92 Å². The van der Waals surface area contributed by atoms with Gasteiger partial charge in [0, 0.05) is 12.0 Å². The average molecular weight is 256 g/mol. The number of rotatable bonds is 2. The number of nitrogens with zero attached hydrogens (tertiary/aromatic N) is 1. The molecule has 0 spiro atoms. The zero-order chi connectivity index (χ0) is 13.2. The first-order valence-electron chi connectivity index (χ1n) is 6.37. The van der Waals surface area contributed by atoms with E-state index in [-0.39, 0.29) is 17.9 Å². The summed E-state index contributed by atoms with van der Waals surface area (Å²) in [6.07, 6.45) is 0.731. The lowest BCUT2D eigenvalue weighted by atomic mass is 9.79. The van der Waals surface area contributed by atoms with E-state index < -0.39 is 12.1 Å². The van der Waals surface area contributed by atoms with E-state index in [2.05, 4.69) is 5.32 Å². The van der Waals surface area contributed by atoms with Crippen LogP contribution in [-0.2, 0) is 14.3 Å². The number of ether oxygens (including phenoxy) is 1. The first kappa shape index (κ1) is 13.3. The Hall–Kier alpha value is -1.14. The highest BCUT2D eigenvalue weighted by Crippen LogP contribution is 2.31. The van der Waals surface area contributed by atoms with Gasteiger partial charge < -0.3 is 20.1 Å². The fourth-order valence-electron chi connectivity index (χ4n) is 2.56. The zero-order valence-electron chi connectivity index (χ0n) is 10.6. The highest BCUT2D eigenvalue weighted by molar-refractivity contribution is 5.83. The van der Waals surface area contributed by atoms with Gasteiger partial charge in [0.15, 0.2) is 6.10 Å². The fourth-order valence-corrected chi connectivity index (χ4v) is 2.56. The summed E-state index contributed by atoms with van der Waals surface area (Å²) in [7, 11) is 0. The van der Waals surface area contributed by atoms with E-state index in [0.717, 1.165) is 25.9 Å². The number of carbonyl (C=O) groups is 2. The van der Waals surface area contributed by atoms with E-state index >= 15 is 0 Å². The smallest absolute Gasteiger partial charge is 0.334 e. The summed E-state index contributed by atoms with van der Waals surface area (Å²) in [5, 5.41) is 12.2. The number of carboxylic acids is 1. The third-order valence-electron chi connectivity index (χ3n) is 3.85. The lowest BCUT2D eigenvalue weighted by Crippen LogP contribution is -2.54. The van der Waals surface area contributed by atoms with Crippen LogP contribution in [-0.4, -0.2) is 60.8 Å². The van der Waals surface area contributed by atoms with Crippen LogP contribution in [0.4, 0.5) is 0 Å². The van der Waals surface area contributed by atoms with Crippen LogP contribution in [0.1, 0.15) is 19.8 Å². The summed E-state index contributed by atoms with van der Waals surface area (Å²) >= 11 is 0. The summed E-state index contributed by atoms with van der Waals surface area (Å²) in [6.45, 7) is 4.62. The van der Waals surface area contributed by atoms with Crippen molar-refractivity contribution in [1.29, 1.82) is 0 Å². The van der Waals surface area contributed by atoms with Crippen molar-refractivity contribution in [3.8, 4) is 0 Å². The van der Waals surface area contributed by atoms with E-state index in [4.69, 9.17) is 9.84 Å². The molecule has 18 heavy (non-hydrogen) atoms. The molecule has 6 heteroatoms. The number of aliphatic carboxylic acids is 1. The van der Waals surface area contributed by atoms with Crippen molar-refractivity contribution in [2.75, 3.05) is 32.8 Å². The number of nitrogens with one attached hydrogen (secondary N) is 1. The van der Waals surface area contributed by atoms with Gasteiger partial charge in [-0.2, -0.15) is 0 Å². The highest BCUT2D eigenvalue weighted by Gasteiger charge is 2.40. The molecule has 0 bridgehead atoms. The van der Waals surface area contributed by atoms with Crippen LogP contribution in [0.3, 0.4) is 0 Å². The van der Waals surface area contributed by atoms with Gasteiger partial charge in [-0.25, -0.2) is 4.79 Å². The molecule has 6 nitrogen and oxygen atoms in total. The Morgan fingerprint density at radius 3 is 2.67 bits per heavy atom. The van der Waals surface area contributed by atoms with Gasteiger partial charge in [0.25, 0.3) is 0 Å². The quantitative estimate of drug-likeness (QED) is 0.708. The maximum Gasteiger partial charge on any atom is 0.334 e. The van der Waals surface area contributed by atoms with Crippen LogP contribution in [0.2, 0.25) is 0 Å². The second-order valence-electron chi connectivity index (χ2n) is 5.26. The Balaban J connectivity index is 2.01. The molecule has 0 radical (unpaired) electrons. The highest BCUT2D eigenvalue weighted by atomic mass is 16.5. The topological polar surface area (TPSA) is 78.9 Å². The first-order chi connectivity index (χ1) is 8.53. The minimum Gasteiger partial charge on any atom is -0.479 e. The number of hydrogen-bond acceptors (Lipinski definition) is 4. The summed E-state index contributed by atoms with van der Waals surface area (Å²) in [6, 6.07) is 0. The number of hydrogen-bond donors (Lipinski definition) is 2. The third-order valence-corrected chi connectivity index (χ3v) is 3.85. The van der Waals surface area contributed by atoms with Gasteiger partial charge in [-0.05, 0) is 25.9 Å². The van der Waals surface area contributed by atoms with Gasteiger partial charge in [0.2, 0.25) is 5.91 Å². The van der Waals surface area contributed by atoms with E-state index in [9.17, 15) is 9.59 Å². The molecule has 2 saturated heterocycles. The second kappa shape index (κ2) is 5.24. The monoisotopic (exact) mass is 256 g/mol. The molecule has 1 amide bonds. The van der Waals surface area contributed by atoms with Gasteiger partial charge >= 0.3 is 5.97 Å². The van der Waals surface area contributed by atoms with Crippen LogP contribution in [0.15, 0.2) is 0 Å². The third kappa shape index (κ3) is 2.64. The SMILES string of the molecule is CC1(C(=O)N2CCOC(C(=O)O)C2)CCNCC1. The second-order valence-corrected chi connectivity index (χ2v) is 5.26. The van der Waals surface area contributed by atoms with Gasteiger partial charge in [-0.1, -0.05) is 6.92 Å². The Kier molecular flexibility index (Phi) is 3.87. The van der Waals surface area contributed by atoms with Crippen LogP contribution in [0.5, 0.6) is 0 Å². The predicted molar refractivity (Wildman–Crippen MR) is 64.2 cm³/mol. The van der Waals surface area contributed by atoms with E-state index in [1.54, 1.807) is 4.90 Å². The van der Waals surface area contributed by atoms with Crippen molar-refractivity contribution >= 4 is 11.9 Å². The standard InChI is InChI=1S/C12H20N2O4/c1-12(2-4-13-5-3-12)11(17)14-6-7-18-9(8-14)10(15)16/h9,13H,2-8H2,1H3,(H,15,16).